The maximum Gasteiger partial charge on any atom is 0.257 e. The van der Waals surface area contributed by atoms with Crippen molar-refractivity contribution in [1.82, 2.24) is 5.32 Å². The Morgan fingerprint density at radius 3 is 2.89 bits per heavy atom. The van der Waals surface area contributed by atoms with Gasteiger partial charge in [-0.05, 0) is 25.5 Å². The molecule has 0 heterocycles. The number of halogens is 1. The molecule has 0 spiro atoms. The van der Waals surface area contributed by atoms with E-state index in [4.69, 9.17) is 4.74 Å². The van der Waals surface area contributed by atoms with E-state index >= 15 is 0 Å². The molecule has 5 heteroatoms. The van der Waals surface area contributed by atoms with Crippen molar-refractivity contribution in [3.63, 3.8) is 0 Å². The van der Waals surface area contributed by atoms with Crippen LogP contribution in [0.25, 0.3) is 0 Å². The van der Waals surface area contributed by atoms with E-state index in [2.05, 4.69) is 28.2 Å². The van der Waals surface area contributed by atoms with Crippen LogP contribution in [0.5, 0.6) is 5.75 Å². The van der Waals surface area contributed by atoms with Crippen LogP contribution >= 0.6 is 15.9 Å². The van der Waals surface area contributed by atoms with Crippen LogP contribution in [0.2, 0.25) is 0 Å². The molecule has 0 radical (unpaired) electrons. The zero-order chi connectivity index (χ0) is 14.3. The van der Waals surface area contributed by atoms with Crippen molar-refractivity contribution in [3.05, 3.63) is 28.2 Å². The first kappa shape index (κ1) is 16.0. The van der Waals surface area contributed by atoms with Crippen molar-refractivity contribution >= 4 is 21.8 Å². The number of benzene rings is 1. The number of aliphatic hydroxyl groups is 1. The second-order valence-electron chi connectivity index (χ2n) is 4.35. The Kier molecular flexibility index (Phi) is 6.87. The summed E-state index contributed by atoms with van der Waals surface area (Å²) in [6, 6.07) is 5.36. The minimum absolute atomic E-state index is 0.0418. The highest BCUT2D eigenvalue weighted by atomic mass is 79.9. The number of ether oxygens (including phenoxy) is 1. The van der Waals surface area contributed by atoms with Crippen LogP contribution in [0.15, 0.2) is 22.7 Å². The van der Waals surface area contributed by atoms with Gasteiger partial charge in [-0.25, -0.2) is 0 Å². The Labute approximate surface area is 122 Å². The molecular weight excluding hydrogens is 310 g/mol. The Hall–Kier alpha value is -1.07. The number of carbonyl (C=O) groups excluding carboxylic acids is 1. The molecular formula is C14H20BrNO3. The fourth-order valence-electron chi connectivity index (χ4n) is 1.58. The highest BCUT2D eigenvalue weighted by Gasteiger charge is 2.11. The van der Waals surface area contributed by atoms with Crippen LogP contribution in [0.3, 0.4) is 0 Å². The lowest BCUT2D eigenvalue weighted by Crippen LogP contribution is -2.29. The fraction of sp³-hybridized carbons (Fsp3) is 0.500. The number of amides is 1. The molecule has 0 saturated carbocycles. The van der Waals surface area contributed by atoms with Crippen LogP contribution in [-0.4, -0.2) is 24.2 Å². The third-order valence-corrected chi connectivity index (χ3v) is 3.13. The summed E-state index contributed by atoms with van der Waals surface area (Å²) < 4.78 is 6.32. The third-order valence-electron chi connectivity index (χ3n) is 2.64. The van der Waals surface area contributed by atoms with Gasteiger partial charge in [0.2, 0.25) is 0 Å². The van der Waals surface area contributed by atoms with Crippen LogP contribution in [-0.2, 0) is 4.79 Å². The van der Waals surface area contributed by atoms with Gasteiger partial charge in [0, 0.05) is 16.6 Å². The topological polar surface area (TPSA) is 58.6 Å². The number of hydrogen-bond acceptors (Lipinski definition) is 3. The van der Waals surface area contributed by atoms with E-state index in [1.165, 1.54) is 0 Å². The molecule has 106 valence electrons. The quantitative estimate of drug-likeness (QED) is 0.756. The Balaban J connectivity index is 2.56. The van der Waals surface area contributed by atoms with Gasteiger partial charge in [-0.3, -0.25) is 4.79 Å². The van der Waals surface area contributed by atoms with Crippen molar-refractivity contribution in [3.8, 4) is 5.75 Å². The van der Waals surface area contributed by atoms with Gasteiger partial charge in [-0.15, -0.1) is 0 Å². The van der Waals surface area contributed by atoms with Gasteiger partial charge in [0.15, 0.2) is 6.61 Å². The molecule has 0 fully saturated rings. The minimum atomic E-state index is -0.633. The number of nitrogens with one attached hydrogen (secondary N) is 1. The molecule has 4 nitrogen and oxygen atoms in total. The van der Waals surface area contributed by atoms with E-state index < -0.39 is 6.10 Å². The second kappa shape index (κ2) is 8.17. The number of rotatable bonds is 7. The molecule has 2 N–H and O–H groups in total. The van der Waals surface area contributed by atoms with Crippen LogP contribution in [0.1, 0.15) is 38.4 Å². The molecule has 0 aromatic heterocycles. The van der Waals surface area contributed by atoms with Gasteiger partial charge in [-0.2, -0.15) is 0 Å². The average Bonchev–Trinajstić information content (AvgIpc) is 2.36. The fourth-order valence-corrected chi connectivity index (χ4v) is 1.92. The lowest BCUT2D eigenvalue weighted by Gasteiger charge is -2.13. The molecule has 19 heavy (non-hydrogen) atoms. The summed E-state index contributed by atoms with van der Waals surface area (Å²) in [5, 5.41) is 12.4. The third kappa shape index (κ3) is 5.61. The van der Waals surface area contributed by atoms with E-state index in [1.54, 1.807) is 19.1 Å². The zero-order valence-electron chi connectivity index (χ0n) is 11.3. The van der Waals surface area contributed by atoms with E-state index in [1.807, 2.05) is 6.07 Å². The minimum Gasteiger partial charge on any atom is -0.483 e. The van der Waals surface area contributed by atoms with Crippen molar-refractivity contribution in [2.75, 3.05) is 13.2 Å². The summed E-state index contributed by atoms with van der Waals surface area (Å²) in [6.45, 7) is 4.36. The lowest BCUT2D eigenvalue weighted by molar-refractivity contribution is -0.123. The van der Waals surface area contributed by atoms with E-state index in [0.717, 1.165) is 17.3 Å². The number of hydrogen-bond donors (Lipinski definition) is 2. The second-order valence-corrected chi connectivity index (χ2v) is 5.27. The summed E-state index contributed by atoms with van der Waals surface area (Å²) in [5.74, 6) is 0.375. The molecule has 0 unspecified atom stereocenters. The van der Waals surface area contributed by atoms with E-state index in [0.29, 0.717) is 17.9 Å². The SMILES string of the molecule is CCCCNC(=O)COc1cc(Br)ccc1[C@H](C)O. The van der Waals surface area contributed by atoms with E-state index in [9.17, 15) is 9.90 Å². The summed E-state index contributed by atoms with van der Waals surface area (Å²) >= 11 is 3.34. The summed E-state index contributed by atoms with van der Waals surface area (Å²) in [6.07, 6.45) is 1.37. The van der Waals surface area contributed by atoms with Crippen molar-refractivity contribution in [2.24, 2.45) is 0 Å². The number of carbonyl (C=O) groups is 1. The van der Waals surface area contributed by atoms with Gasteiger partial charge in [-0.1, -0.05) is 35.3 Å². The Bertz CT molecular complexity index is 421. The predicted molar refractivity (Wildman–Crippen MR) is 78.2 cm³/mol. The average molecular weight is 330 g/mol. The van der Waals surface area contributed by atoms with Gasteiger partial charge < -0.3 is 15.2 Å². The van der Waals surface area contributed by atoms with Crippen molar-refractivity contribution < 1.29 is 14.6 Å². The highest BCUT2D eigenvalue weighted by molar-refractivity contribution is 9.10. The zero-order valence-corrected chi connectivity index (χ0v) is 12.9. The monoisotopic (exact) mass is 329 g/mol. The number of unbranched alkanes of at least 4 members (excludes halogenated alkanes) is 1. The largest absolute Gasteiger partial charge is 0.483 e. The molecule has 0 aliphatic rings. The summed E-state index contributed by atoms with van der Waals surface area (Å²) in [5.41, 5.74) is 0.671. The van der Waals surface area contributed by atoms with Gasteiger partial charge in [0.1, 0.15) is 5.75 Å². The Morgan fingerprint density at radius 1 is 1.53 bits per heavy atom. The lowest BCUT2D eigenvalue weighted by atomic mass is 10.1. The first-order chi connectivity index (χ1) is 9.04. The van der Waals surface area contributed by atoms with Gasteiger partial charge in [0.25, 0.3) is 5.91 Å². The highest BCUT2D eigenvalue weighted by Crippen LogP contribution is 2.28. The number of aliphatic hydroxyl groups excluding tert-OH is 1. The molecule has 1 amide bonds. The first-order valence-corrected chi connectivity index (χ1v) is 7.21. The molecule has 1 aromatic carbocycles. The van der Waals surface area contributed by atoms with E-state index in [-0.39, 0.29) is 12.5 Å². The first-order valence-electron chi connectivity index (χ1n) is 6.41. The van der Waals surface area contributed by atoms with Crippen LogP contribution in [0.4, 0.5) is 0 Å². The van der Waals surface area contributed by atoms with Crippen molar-refractivity contribution in [1.29, 1.82) is 0 Å². The molecule has 1 aromatic rings. The van der Waals surface area contributed by atoms with Crippen LogP contribution in [0, 0.1) is 0 Å². The molecule has 1 rings (SSSR count). The summed E-state index contributed by atoms with van der Waals surface area (Å²) in [4.78, 5) is 11.5. The molecule has 1 atom stereocenters. The maximum absolute atomic E-state index is 11.5. The molecule has 0 aliphatic heterocycles. The van der Waals surface area contributed by atoms with Crippen LogP contribution < -0.4 is 10.1 Å². The van der Waals surface area contributed by atoms with Gasteiger partial charge >= 0.3 is 0 Å². The maximum atomic E-state index is 11.5. The standard InChI is InChI=1S/C14H20BrNO3/c1-3-4-7-16-14(18)9-19-13-8-11(15)5-6-12(13)10(2)17/h5-6,8,10,17H,3-4,7,9H2,1-2H3,(H,16,18)/t10-/m0/s1. The van der Waals surface area contributed by atoms with Crippen molar-refractivity contribution in [2.45, 2.75) is 32.8 Å². The molecule has 0 saturated heterocycles. The molecule has 0 bridgehead atoms. The normalized spacial score (nSPS) is 12.0. The van der Waals surface area contributed by atoms with Gasteiger partial charge in [0.05, 0.1) is 6.10 Å². The predicted octanol–water partition coefficient (Wildman–Crippen LogP) is 2.80. The summed E-state index contributed by atoms with van der Waals surface area (Å²) in [7, 11) is 0. The molecule has 0 aliphatic carbocycles. The Morgan fingerprint density at radius 2 is 2.26 bits per heavy atom. The smallest absolute Gasteiger partial charge is 0.257 e.